The summed E-state index contributed by atoms with van der Waals surface area (Å²) in [6, 6.07) is 0. The Morgan fingerprint density at radius 3 is 2.38 bits per heavy atom. The number of esters is 2. The Labute approximate surface area is 103 Å². The molecule has 0 fully saturated rings. The highest BCUT2D eigenvalue weighted by Gasteiger charge is 2.05. The molecular formula is C11H15BrO4. The van der Waals surface area contributed by atoms with E-state index in [2.05, 4.69) is 15.9 Å². The topological polar surface area (TPSA) is 52.6 Å². The van der Waals surface area contributed by atoms with Gasteiger partial charge in [0.2, 0.25) is 0 Å². The first-order chi connectivity index (χ1) is 7.47. The molecule has 0 aromatic carbocycles. The Balaban J connectivity index is 4.28. The summed E-state index contributed by atoms with van der Waals surface area (Å²) in [7, 11) is 0. The lowest BCUT2D eigenvalue weighted by atomic mass is 10.2. The quantitative estimate of drug-likeness (QED) is 0.443. The summed E-state index contributed by atoms with van der Waals surface area (Å²) < 4.78 is 9.85. The number of halogens is 1. The number of ether oxygens (including phenoxy) is 2. The van der Waals surface area contributed by atoms with E-state index < -0.39 is 5.97 Å². The van der Waals surface area contributed by atoms with E-state index in [0.29, 0.717) is 11.1 Å². The fourth-order valence-corrected chi connectivity index (χ4v) is 1.28. The number of carbonyl (C=O) groups is 2. The fraction of sp³-hybridized carbons (Fsp3) is 0.455. The van der Waals surface area contributed by atoms with Crippen molar-refractivity contribution in [1.82, 2.24) is 0 Å². The molecule has 5 heteroatoms. The molecule has 0 heterocycles. The summed E-state index contributed by atoms with van der Waals surface area (Å²) in [6.07, 6.45) is 3.31. The molecule has 0 aromatic rings. The maximum Gasteiger partial charge on any atom is 0.345 e. The number of carbonyl (C=O) groups excluding carboxylic acids is 2. The molecule has 0 amide bonds. The van der Waals surface area contributed by atoms with Crippen LogP contribution in [0, 0.1) is 0 Å². The lowest BCUT2D eigenvalue weighted by Crippen LogP contribution is -2.03. The zero-order valence-electron chi connectivity index (χ0n) is 9.58. The molecule has 0 aliphatic carbocycles. The minimum Gasteiger partial charge on any atom is -0.462 e. The molecule has 0 aromatic heterocycles. The predicted octanol–water partition coefficient (Wildman–Crippen LogP) is 2.34. The van der Waals surface area contributed by atoms with Crippen molar-refractivity contribution in [2.45, 2.75) is 20.8 Å². The van der Waals surface area contributed by atoms with Crippen LogP contribution in [0.1, 0.15) is 20.8 Å². The smallest absolute Gasteiger partial charge is 0.345 e. The van der Waals surface area contributed by atoms with Gasteiger partial charge in [-0.05, 0) is 41.9 Å². The van der Waals surface area contributed by atoms with Crippen LogP contribution in [-0.4, -0.2) is 25.2 Å². The summed E-state index contributed by atoms with van der Waals surface area (Å²) in [5.74, 6) is -0.750. The Morgan fingerprint density at radius 2 is 1.88 bits per heavy atom. The molecule has 90 valence electrons. The molecule has 0 spiro atoms. The van der Waals surface area contributed by atoms with E-state index in [4.69, 9.17) is 9.47 Å². The van der Waals surface area contributed by atoms with Gasteiger partial charge in [-0.3, -0.25) is 4.79 Å². The number of rotatable bonds is 5. The molecule has 0 unspecified atom stereocenters. The van der Waals surface area contributed by atoms with Gasteiger partial charge < -0.3 is 9.47 Å². The second-order valence-corrected chi connectivity index (χ2v) is 3.82. The molecule has 16 heavy (non-hydrogen) atoms. The lowest BCUT2D eigenvalue weighted by Gasteiger charge is -2.00. The van der Waals surface area contributed by atoms with Gasteiger partial charge in [-0.1, -0.05) is 5.57 Å². The summed E-state index contributed by atoms with van der Waals surface area (Å²) in [4.78, 5) is 21.7. The van der Waals surface area contributed by atoms with Gasteiger partial charge in [0.05, 0.1) is 6.61 Å². The van der Waals surface area contributed by atoms with E-state index in [1.807, 2.05) is 0 Å². The van der Waals surface area contributed by atoms with Crippen LogP contribution in [-0.2, 0) is 19.1 Å². The Hall–Kier alpha value is -1.10. The third-order valence-electron chi connectivity index (χ3n) is 1.52. The van der Waals surface area contributed by atoms with Gasteiger partial charge in [0.25, 0.3) is 0 Å². The number of hydrogen-bond donors (Lipinski definition) is 0. The van der Waals surface area contributed by atoms with Gasteiger partial charge in [-0.15, -0.1) is 0 Å². The normalized spacial score (nSPS) is 12.2. The largest absolute Gasteiger partial charge is 0.462 e. The molecule has 0 saturated heterocycles. The Morgan fingerprint density at radius 1 is 1.25 bits per heavy atom. The first kappa shape index (κ1) is 14.9. The van der Waals surface area contributed by atoms with Gasteiger partial charge in [0.1, 0.15) is 11.1 Å². The van der Waals surface area contributed by atoms with Crippen LogP contribution < -0.4 is 0 Å². The minimum absolute atomic E-state index is 0.195. The molecular weight excluding hydrogens is 276 g/mol. The molecule has 0 bridgehead atoms. The molecule has 0 atom stereocenters. The van der Waals surface area contributed by atoms with Crippen molar-refractivity contribution in [1.29, 1.82) is 0 Å². The van der Waals surface area contributed by atoms with E-state index in [9.17, 15) is 9.59 Å². The lowest BCUT2D eigenvalue weighted by molar-refractivity contribution is -0.140. The summed E-state index contributed by atoms with van der Waals surface area (Å²) in [6.45, 7) is 5.40. The molecule has 0 aliphatic heterocycles. The van der Waals surface area contributed by atoms with Gasteiger partial charge in [0, 0.05) is 6.92 Å². The van der Waals surface area contributed by atoms with Crippen molar-refractivity contribution in [2.75, 3.05) is 13.2 Å². The van der Waals surface area contributed by atoms with Crippen molar-refractivity contribution in [2.24, 2.45) is 0 Å². The van der Waals surface area contributed by atoms with Crippen molar-refractivity contribution in [3.8, 4) is 0 Å². The molecule has 0 aliphatic rings. The van der Waals surface area contributed by atoms with Crippen LogP contribution in [0.25, 0.3) is 0 Å². The van der Waals surface area contributed by atoms with Crippen molar-refractivity contribution in [3.63, 3.8) is 0 Å². The van der Waals surface area contributed by atoms with Crippen LogP contribution in [0.2, 0.25) is 0 Å². The van der Waals surface area contributed by atoms with Crippen LogP contribution in [0.4, 0.5) is 0 Å². The molecule has 0 rings (SSSR count). The zero-order chi connectivity index (χ0) is 12.6. The Bertz CT molecular complexity index is 318. The average molecular weight is 291 g/mol. The third-order valence-corrected chi connectivity index (χ3v) is 2.07. The van der Waals surface area contributed by atoms with E-state index in [0.717, 1.165) is 5.57 Å². The van der Waals surface area contributed by atoms with Gasteiger partial charge in [-0.2, -0.15) is 0 Å². The van der Waals surface area contributed by atoms with E-state index in [1.54, 1.807) is 26.0 Å². The summed E-state index contributed by atoms with van der Waals surface area (Å²) >= 11 is 3.10. The van der Waals surface area contributed by atoms with Crippen molar-refractivity contribution in [3.05, 3.63) is 22.2 Å². The van der Waals surface area contributed by atoms with Crippen molar-refractivity contribution >= 4 is 27.9 Å². The molecule has 0 radical (unpaired) electrons. The van der Waals surface area contributed by atoms with Crippen LogP contribution in [0.15, 0.2) is 22.2 Å². The predicted molar refractivity (Wildman–Crippen MR) is 64.0 cm³/mol. The van der Waals surface area contributed by atoms with Crippen LogP contribution >= 0.6 is 15.9 Å². The van der Waals surface area contributed by atoms with Gasteiger partial charge in [-0.25, -0.2) is 4.79 Å². The second-order valence-electron chi connectivity index (χ2n) is 2.96. The van der Waals surface area contributed by atoms with Crippen LogP contribution in [0.3, 0.4) is 0 Å². The first-order valence-corrected chi connectivity index (χ1v) is 5.61. The molecule has 4 nitrogen and oxygen atoms in total. The standard InChI is InChI=1S/C11H15BrO4/c1-4-15-11(14)10(12)7-8(2)5-6-16-9(3)13/h5,7H,4,6H2,1-3H3/b8-5+,10-7-. The third kappa shape index (κ3) is 7.23. The zero-order valence-corrected chi connectivity index (χ0v) is 11.2. The van der Waals surface area contributed by atoms with E-state index in [-0.39, 0.29) is 12.6 Å². The van der Waals surface area contributed by atoms with E-state index >= 15 is 0 Å². The van der Waals surface area contributed by atoms with E-state index in [1.165, 1.54) is 6.92 Å². The Kier molecular flexibility index (Phi) is 7.54. The monoisotopic (exact) mass is 290 g/mol. The number of allylic oxidation sites excluding steroid dienone is 2. The summed E-state index contributed by atoms with van der Waals surface area (Å²) in [5, 5.41) is 0. The highest BCUT2D eigenvalue weighted by Crippen LogP contribution is 2.11. The van der Waals surface area contributed by atoms with Crippen LogP contribution in [0.5, 0.6) is 0 Å². The highest BCUT2D eigenvalue weighted by molar-refractivity contribution is 9.12. The minimum atomic E-state index is -0.414. The number of hydrogen-bond acceptors (Lipinski definition) is 4. The molecule has 0 saturated carbocycles. The van der Waals surface area contributed by atoms with Gasteiger partial charge in [0.15, 0.2) is 0 Å². The first-order valence-electron chi connectivity index (χ1n) is 4.81. The fourth-order valence-electron chi connectivity index (χ4n) is 0.808. The second kappa shape index (κ2) is 8.10. The van der Waals surface area contributed by atoms with Gasteiger partial charge >= 0.3 is 11.9 Å². The summed E-state index contributed by atoms with van der Waals surface area (Å²) in [5.41, 5.74) is 0.807. The van der Waals surface area contributed by atoms with Crippen molar-refractivity contribution < 1.29 is 19.1 Å². The maximum absolute atomic E-state index is 11.2. The average Bonchev–Trinajstić information content (AvgIpc) is 2.17. The SMILES string of the molecule is CCOC(=O)/C(Br)=C/C(C)=C/COC(C)=O. The highest BCUT2D eigenvalue weighted by atomic mass is 79.9. The maximum atomic E-state index is 11.2. The molecule has 0 N–H and O–H groups in total.